The molecule has 0 saturated carbocycles. The first-order chi connectivity index (χ1) is 12.0. The van der Waals surface area contributed by atoms with Crippen LogP contribution in [0.5, 0.6) is 0 Å². The molecular weight excluding hydrogens is 346 g/mol. The van der Waals surface area contributed by atoms with Crippen molar-refractivity contribution in [3.05, 3.63) is 45.3 Å². The zero-order valence-corrected chi connectivity index (χ0v) is 18.0. The van der Waals surface area contributed by atoms with Crippen LogP contribution in [0.15, 0.2) is 11.0 Å². The van der Waals surface area contributed by atoms with E-state index in [2.05, 4.69) is 9.82 Å². The summed E-state index contributed by atoms with van der Waals surface area (Å²) in [6.45, 7) is 16.9. The van der Waals surface area contributed by atoms with Gasteiger partial charge < -0.3 is 0 Å². The Morgan fingerprint density at radius 2 is 1.46 bits per heavy atom. The van der Waals surface area contributed by atoms with Crippen molar-refractivity contribution >= 4 is 10.0 Å². The molecule has 144 valence electrons. The molecule has 0 amide bonds. The molecule has 26 heavy (non-hydrogen) atoms. The Labute approximate surface area is 157 Å². The maximum absolute atomic E-state index is 13.0. The van der Waals surface area contributed by atoms with Crippen LogP contribution >= 0.6 is 0 Å². The molecule has 5 nitrogen and oxygen atoms in total. The van der Waals surface area contributed by atoms with Crippen molar-refractivity contribution in [1.29, 1.82) is 0 Å². The van der Waals surface area contributed by atoms with Crippen LogP contribution in [0.4, 0.5) is 0 Å². The van der Waals surface area contributed by atoms with E-state index in [0.29, 0.717) is 18.0 Å². The zero-order chi connectivity index (χ0) is 19.8. The van der Waals surface area contributed by atoms with Gasteiger partial charge in [0.2, 0.25) is 10.0 Å². The molecule has 0 bridgehead atoms. The molecule has 0 aliphatic carbocycles. The SMILES string of the molecule is Cc1cc(C)n(C[C@@H](C)CNS(=O)(=O)c2c(C)c(C)c(C)c(C)c2C)n1. The van der Waals surface area contributed by atoms with Gasteiger partial charge in [0.1, 0.15) is 0 Å². The fourth-order valence-electron chi connectivity index (χ4n) is 3.41. The van der Waals surface area contributed by atoms with Crippen molar-refractivity contribution < 1.29 is 8.42 Å². The second-order valence-electron chi connectivity index (χ2n) is 7.52. The molecule has 0 aliphatic heterocycles. The van der Waals surface area contributed by atoms with Gasteiger partial charge in [-0.3, -0.25) is 4.68 Å². The number of rotatable bonds is 6. The maximum atomic E-state index is 13.0. The molecule has 1 N–H and O–H groups in total. The molecule has 0 saturated heterocycles. The van der Waals surface area contributed by atoms with Gasteiger partial charge in [-0.15, -0.1) is 0 Å². The van der Waals surface area contributed by atoms with Gasteiger partial charge >= 0.3 is 0 Å². The summed E-state index contributed by atoms with van der Waals surface area (Å²) in [6.07, 6.45) is 0. The summed E-state index contributed by atoms with van der Waals surface area (Å²) >= 11 is 0. The minimum Gasteiger partial charge on any atom is -0.269 e. The molecule has 1 heterocycles. The minimum absolute atomic E-state index is 0.135. The van der Waals surface area contributed by atoms with Gasteiger partial charge in [-0.05, 0) is 88.3 Å². The summed E-state index contributed by atoms with van der Waals surface area (Å²) in [5, 5.41) is 4.45. The summed E-state index contributed by atoms with van der Waals surface area (Å²) in [5.41, 5.74) is 7.00. The van der Waals surface area contributed by atoms with E-state index in [1.54, 1.807) is 0 Å². The van der Waals surface area contributed by atoms with Crippen molar-refractivity contribution in [3.8, 4) is 0 Å². The first-order valence-electron chi connectivity index (χ1n) is 9.03. The summed E-state index contributed by atoms with van der Waals surface area (Å²) in [5.74, 6) is 0.135. The maximum Gasteiger partial charge on any atom is 0.241 e. The molecule has 2 rings (SSSR count). The Morgan fingerprint density at radius 3 is 1.92 bits per heavy atom. The quantitative estimate of drug-likeness (QED) is 0.835. The Balaban J connectivity index is 2.21. The second-order valence-corrected chi connectivity index (χ2v) is 9.22. The molecule has 0 radical (unpaired) electrons. The van der Waals surface area contributed by atoms with Crippen LogP contribution in [-0.2, 0) is 16.6 Å². The van der Waals surface area contributed by atoms with E-state index >= 15 is 0 Å². The van der Waals surface area contributed by atoms with Gasteiger partial charge in [0, 0.05) is 18.8 Å². The highest BCUT2D eigenvalue weighted by atomic mass is 32.2. The second kappa shape index (κ2) is 7.53. The lowest BCUT2D eigenvalue weighted by Crippen LogP contribution is -2.31. The Morgan fingerprint density at radius 1 is 0.962 bits per heavy atom. The van der Waals surface area contributed by atoms with Gasteiger partial charge in [-0.2, -0.15) is 5.10 Å². The molecular formula is C20H31N3O2S. The lowest BCUT2D eigenvalue weighted by molar-refractivity contribution is 0.436. The number of sulfonamides is 1. The van der Waals surface area contributed by atoms with Crippen LogP contribution in [0.3, 0.4) is 0 Å². The molecule has 0 unspecified atom stereocenters. The number of nitrogens with one attached hydrogen (secondary N) is 1. The third-order valence-electron chi connectivity index (χ3n) is 5.41. The molecule has 6 heteroatoms. The van der Waals surface area contributed by atoms with Crippen LogP contribution in [0.25, 0.3) is 0 Å². The zero-order valence-electron chi connectivity index (χ0n) is 17.2. The molecule has 1 atom stereocenters. The van der Waals surface area contributed by atoms with Crippen LogP contribution in [0.1, 0.15) is 46.1 Å². The van der Waals surface area contributed by atoms with E-state index in [9.17, 15) is 8.42 Å². The fraction of sp³-hybridized carbons (Fsp3) is 0.550. The van der Waals surface area contributed by atoms with Gasteiger partial charge in [0.05, 0.1) is 10.6 Å². The molecule has 0 aliphatic rings. The average Bonchev–Trinajstić information content (AvgIpc) is 2.86. The van der Waals surface area contributed by atoms with E-state index in [4.69, 9.17) is 0 Å². The fourth-order valence-corrected chi connectivity index (χ4v) is 5.17. The first-order valence-corrected chi connectivity index (χ1v) is 10.5. The topological polar surface area (TPSA) is 64.0 Å². The number of aromatic nitrogens is 2. The summed E-state index contributed by atoms with van der Waals surface area (Å²) in [6, 6.07) is 2.03. The summed E-state index contributed by atoms with van der Waals surface area (Å²) in [7, 11) is -3.56. The van der Waals surface area contributed by atoms with Crippen molar-refractivity contribution in [3.63, 3.8) is 0 Å². The largest absolute Gasteiger partial charge is 0.269 e. The van der Waals surface area contributed by atoms with Crippen LogP contribution < -0.4 is 4.72 Å². The van der Waals surface area contributed by atoms with E-state index in [1.807, 2.05) is 66.1 Å². The van der Waals surface area contributed by atoms with E-state index < -0.39 is 10.0 Å². The number of nitrogens with zero attached hydrogens (tertiary/aromatic N) is 2. The minimum atomic E-state index is -3.56. The van der Waals surface area contributed by atoms with Crippen LogP contribution in [-0.4, -0.2) is 24.7 Å². The number of hydrogen-bond donors (Lipinski definition) is 1. The van der Waals surface area contributed by atoms with Gasteiger partial charge in [0.15, 0.2) is 0 Å². The Kier molecular flexibility index (Phi) is 5.98. The highest BCUT2D eigenvalue weighted by molar-refractivity contribution is 7.89. The molecule has 1 aromatic heterocycles. The van der Waals surface area contributed by atoms with Crippen molar-refractivity contribution in [1.82, 2.24) is 14.5 Å². The summed E-state index contributed by atoms with van der Waals surface area (Å²) < 4.78 is 30.7. The van der Waals surface area contributed by atoms with Crippen LogP contribution in [0, 0.1) is 54.4 Å². The highest BCUT2D eigenvalue weighted by Crippen LogP contribution is 2.29. The number of benzene rings is 1. The molecule has 1 aromatic carbocycles. The lowest BCUT2D eigenvalue weighted by atomic mass is 9.95. The highest BCUT2D eigenvalue weighted by Gasteiger charge is 2.24. The Hall–Kier alpha value is -1.66. The van der Waals surface area contributed by atoms with Gasteiger partial charge in [0.25, 0.3) is 0 Å². The number of aryl methyl sites for hydroxylation is 2. The number of hydrogen-bond acceptors (Lipinski definition) is 3. The van der Waals surface area contributed by atoms with Crippen molar-refractivity contribution in [2.24, 2.45) is 5.92 Å². The van der Waals surface area contributed by atoms with E-state index in [1.165, 1.54) is 0 Å². The monoisotopic (exact) mass is 377 g/mol. The third kappa shape index (κ3) is 4.01. The Bertz CT molecular complexity index is 898. The molecule has 0 spiro atoms. The predicted molar refractivity (Wildman–Crippen MR) is 106 cm³/mol. The smallest absolute Gasteiger partial charge is 0.241 e. The normalized spacial score (nSPS) is 13.2. The van der Waals surface area contributed by atoms with Crippen molar-refractivity contribution in [2.75, 3.05) is 6.54 Å². The molecule has 2 aromatic rings. The van der Waals surface area contributed by atoms with Gasteiger partial charge in [-0.1, -0.05) is 6.92 Å². The lowest BCUT2D eigenvalue weighted by Gasteiger charge is -2.20. The standard InChI is InChI=1S/C20H31N3O2S/c1-12(11-23-14(3)9-13(2)22-23)10-21-26(24,25)20-18(7)16(5)15(4)17(6)19(20)8/h9,12,21H,10-11H2,1-8H3/t12-/m0/s1. The van der Waals surface area contributed by atoms with E-state index in [0.717, 1.165) is 39.2 Å². The predicted octanol–water partition coefficient (Wildman–Crippen LogP) is 3.66. The van der Waals surface area contributed by atoms with E-state index in [-0.39, 0.29) is 5.92 Å². The first kappa shape index (κ1) is 20.6. The van der Waals surface area contributed by atoms with Gasteiger partial charge in [-0.25, -0.2) is 13.1 Å². The summed E-state index contributed by atoms with van der Waals surface area (Å²) in [4.78, 5) is 0.427. The van der Waals surface area contributed by atoms with Crippen LogP contribution in [0.2, 0.25) is 0 Å². The third-order valence-corrected chi connectivity index (χ3v) is 7.11. The molecule has 0 fully saturated rings. The average molecular weight is 378 g/mol. The van der Waals surface area contributed by atoms with Crippen molar-refractivity contribution in [2.45, 2.75) is 66.8 Å².